The van der Waals surface area contributed by atoms with Crippen LogP contribution in [0, 0.1) is 11.7 Å². The number of amides is 1. The van der Waals surface area contributed by atoms with E-state index in [1.165, 1.54) is 17.7 Å². The van der Waals surface area contributed by atoms with Crippen molar-refractivity contribution in [1.82, 2.24) is 10.2 Å². The molecule has 0 radical (unpaired) electrons. The standard InChI is InChI=1S/C22H28FN3O2/c23-20-8-2-6-18(11-20)21(27)13-25-12-16-4-1-5-17(10-16)14-26-9-3-7-19(15-26)22(24)28/h1-2,4-6,8,10-11,19,21,25,27H,3,7,9,12-15H2,(H2,24,28). The van der Waals surface area contributed by atoms with Gasteiger partial charge in [-0.1, -0.05) is 36.4 Å². The molecule has 4 N–H and O–H groups in total. The van der Waals surface area contributed by atoms with Gasteiger partial charge in [0.25, 0.3) is 0 Å². The summed E-state index contributed by atoms with van der Waals surface area (Å²) in [5.74, 6) is -0.608. The molecule has 1 aliphatic heterocycles. The Morgan fingerprint density at radius 1 is 1.25 bits per heavy atom. The first kappa shape index (κ1) is 20.5. The van der Waals surface area contributed by atoms with E-state index in [1.807, 2.05) is 12.1 Å². The zero-order valence-electron chi connectivity index (χ0n) is 16.0. The lowest BCUT2D eigenvalue weighted by Crippen LogP contribution is -2.40. The van der Waals surface area contributed by atoms with Crippen molar-refractivity contribution < 1.29 is 14.3 Å². The van der Waals surface area contributed by atoms with E-state index < -0.39 is 6.10 Å². The average molecular weight is 385 g/mol. The number of rotatable bonds is 8. The molecule has 5 nitrogen and oxygen atoms in total. The summed E-state index contributed by atoms with van der Waals surface area (Å²) in [6.45, 7) is 3.46. The second-order valence-electron chi connectivity index (χ2n) is 7.50. The SMILES string of the molecule is NC(=O)C1CCCN(Cc2cccc(CNCC(O)c3cccc(F)c3)c2)C1. The molecule has 0 spiro atoms. The molecule has 28 heavy (non-hydrogen) atoms. The van der Waals surface area contributed by atoms with Crippen LogP contribution in [0.5, 0.6) is 0 Å². The lowest BCUT2D eigenvalue weighted by atomic mass is 9.97. The molecule has 2 aromatic rings. The zero-order chi connectivity index (χ0) is 19.9. The Labute approximate surface area is 165 Å². The highest BCUT2D eigenvalue weighted by Crippen LogP contribution is 2.19. The number of aliphatic hydroxyl groups excluding tert-OH is 1. The second kappa shape index (κ2) is 9.78. The van der Waals surface area contributed by atoms with E-state index in [4.69, 9.17) is 5.73 Å². The number of nitrogens with zero attached hydrogens (tertiary/aromatic N) is 1. The monoisotopic (exact) mass is 385 g/mol. The topological polar surface area (TPSA) is 78.6 Å². The van der Waals surface area contributed by atoms with Crippen molar-refractivity contribution in [2.45, 2.75) is 32.0 Å². The number of hydrogen-bond acceptors (Lipinski definition) is 4. The average Bonchev–Trinajstić information content (AvgIpc) is 2.68. The molecular weight excluding hydrogens is 357 g/mol. The molecular formula is C22H28FN3O2. The molecule has 0 saturated carbocycles. The van der Waals surface area contributed by atoms with E-state index in [9.17, 15) is 14.3 Å². The molecule has 0 aromatic heterocycles. The fraction of sp³-hybridized carbons (Fsp3) is 0.409. The molecule has 1 fully saturated rings. The van der Waals surface area contributed by atoms with E-state index in [0.29, 0.717) is 18.7 Å². The van der Waals surface area contributed by atoms with Crippen LogP contribution < -0.4 is 11.1 Å². The molecule has 3 rings (SSSR count). The van der Waals surface area contributed by atoms with Crippen molar-refractivity contribution in [3.8, 4) is 0 Å². The van der Waals surface area contributed by atoms with Gasteiger partial charge in [0, 0.05) is 26.2 Å². The number of nitrogens with two attached hydrogens (primary N) is 1. The number of benzene rings is 2. The summed E-state index contributed by atoms with van der Waals surface area (Å²) >= 11 is 0. The molecule has 2 aromatic carbocycles. The predicted octanol–water partition coefficient (Wildman–Crippen LogP) is 2.35. The van der Waals surface area contributed by atoms with Gasteiger partial charge in [-0.05, 0) is 48.2 Å². The zero-order valence-corrected chi connectivity index (χ0v) is 16.0. The Morgan fingerprint density at radius 2 is 2.04 bits per heavy atom. The highest BCUT2D eigenvalue weighted by molar-refractivity contribution is 5.76. The third kappa shape index (κ3) is 5.86. The van der Waals surface area contributed by atoms with Gasteiger partial charge in [-0.25, -0.2) is 4.39 Å². The number of halogens is 1. The van der Waals surface area contributed by atoms with E-state index in [0.717, 1.165) is 38.0 Å². The minimum Gasteiger partial charge on any atom is -0.387 e. The van der Waals surface area contributed by atoms with Gasteiger partial charge in [0.1, 0.15) is 5.82 Å². The van der Waals surface area contributed by atoms with Crippen molar-refractivity contribution >= 4 is 5.91 Å². The van der Waals surface area contributed by atoms with Crippen LogP contribution >= 0.6 is 0 Å². The quantitative estimate of drug-likeness (QED) is 0.652. The third-order valence-electron chi connectivity index (χ3n) is 5.21. The van der Waals surface area contributed by atoms with Gasteiger partial charge in [-0.2, -0.15) is 0 Å². The predicted molar refractivity (Wildman–Crippen MR) is 107 cm³/mol. The minimum absolute atomic E-state index is 0.0529. The van der Waals surface area contributed by atoms with Crippen molar-refractivity contribution in [3.05, 3.63) is 71.0 Å². The molecule has 150 valence electrons. The lowest BCUT2D eigenvalue weighted by molar-refractivity contribution is -0.123. The molecule has 1 aliphatic rings. The maximum Gasteiger partial charge on any atom is 0.221 e. The maximum atomic E-state index is 13.3. The van der Waals surface area contributed by atoms with Crippen LogP contribution in [0.3, 0.4) is 0 Å². The first-order valence-electron chi connectivity index (χ1n) is 9.75. The number of piperidine rings is 1. The molecule has 1 amide bonds. The molecule has 0 bridgehead atoms. The van der Waals surface area contributed by atoms with Crippen molar-refractivity contribution in [2.24, 2.45) is 11.7 Å². The summed E-state index contributed by atoms with van der Waals surface area (Å²) in [7, 11) is 0. The van der Waals surface area contributed by atoms with Crippen LogP contribution in [-0.2, 0) is 17.9 Å². The summed E-state index contributed by atoms with van der Waals surface area (Å²) in [4.78, 5) is 13.7. The molecule has 2 unspecified atom stereocenters. The Morgan fingerprint density at radius 3 is 2.82 bits per heavy atom. The number of likely N-dealkylation sites (tertiary alicyclic amines) is 1. The van der Waals surface area contributed by atoms with Crippen molar-refractivity contribution in [3.63, 3.8) is 0 Å². The van der Waals surface area contributed by atoms with E-state index in [2.05, 4.69) is 22.3 Å². The maximum absolute atomic E-state index is 13.3. The molecule has 1 heterocycles. The van der Waals surface area contributed by atoms with E-state index in [1.54, 1.807) is 12.1 Å². The fourth-order valence-corrected chi connectivity index (χ4v) is 3.71. The van der Waals surface area contributed by atoms with Crippen LogP contribution in [0.2, 0.25) is 0 Å². The highest BCUT2D eigenvalue weighted by atomic mass is 19.1. The van der Waals surface area contributed by atoms with Crippen LogP contribution in [0.25, 0.3) is 0 Å². The summed E-state index contributed by atoms with van der Waals surface area (Å²) in [5.41, 5.74) is 8.33. The normalized spacial score (nSPS) is 18.7. The first-order valence-corrected chi connectivity index (χ1v) is 9.75. The van der Waals surface area contributed by atoms with Gasteiger partial charge >= 0.3 is 0 Å². The van der Waals surface area contributed by atoms with Gasteiger partial charge in [0.2, 0.25) is 5.91 Å². The Balaban J connectivity index is 1.50. The van der Waals surface area contributed by atoms with Crippen LogP contribution in [0.15, 0.2) is 48.5 Å². The third-order valence-corrected chi connectivity index (χ3v) is 5.21. The van der Waals surface area contributed by atoms with Gasteiger partial charge in [-0.15, -0.1) is 0 Å². The van der Waals surface area contributed by atoms with Gasteiger partial charge in [0.05, 0.1) is 12.0 Å². The summed E-state index contributed by atoms with van der Waals surface area (Å²) < 4.78 is 13.3. The Bertz CT molecular complexity index is 799. The smallest absolute Gasteiger partial charge is 0.221 e. The minimum atomic E-state index is -0.752. The van der Waals surface area contributed by atoms with E-state index in [-0.39, 0.29) is 17.6 Å². The second-order valence-corrected chi connectivity index (χ2v) is 7.50. The highest BCUT2D eigenvalue weighted by Gasteiger charge is 2.23. The molecule has 1 saturated heterocycles. The van der Waals surface area contributed by atoms with Crippen LogP contribution in [0.1, 0.15) is 35.6 Å². The van der Waals surface area contributed by atoms with Gasteiger partial charge in [-0.3, -0.25) is 9.69 Å². The number of carbonyl (C=O) groups is 1. The molecule has 6 heteroatoms. The molecule has 2 atom stereocenters. The van der Waals surface area contributed by atoms with Gasteiger partial charge in [0.15, 0.2) is 0 Å². The number of carbonyl (C=O) groups excluding carboxylic acids is 1. The van der Waals surface area contributed by atoms with Crippen LogP contribution in [-0.4, -0.2) is 35.5 Å². The summed E-state index contributed by atoms with van der Waals surface area (Å²) in [6, 6.07) is 14.3. The fourth-order valence-electron chi connectivity index (χ4n) is 3.71. The van der Waals surface area contributed by atoms with Crippen molar-refractivity contribution in [2.75, 3.05) is 19.6 Å². The van der Waals surface area contributed by atoms with E-state index >= 15 is 0 Å². The molecule has 0 aliphatic carbocycles. The van der Waals surface area contributed by atoms with Crippen molar-refractivity contribution in [1.29, 1.82) is 0 Å². The number of nitrogens with one attached hydrogen (secondary N) is 1. The Kier molecular flexibility index (Phi) is 7.14. The first-order chi connectivity index (χ1) is 13.5. The van der Waals surface area contributed by atoms with Gasteiger partial charge < -0.3 is 16.2 Å². The largest absolute Gasteiger partial charge is 0.387 e. The number of primary amides is 1. The number of hydrogen-bond donors (Lipinski definition) is 3. The number of aliphatic hydroxyl groups is 1. The lowest BCUT2D eigenvalue weighted by Gasteiger charge is -2.31. The Hall–Kier alpha value is -2.28. The summed E-state index contributed by atoms with van der Waals surface area (Å²) in [5, 5.41) is 13.4. The summed E-state index contributed by atoms with van der Waals surface area (Å²) in [6.07, 6.45) is 1.12. The van der Waals surface area contributed by atoms with Crippen LogP contribution in [0.4, 0.5) is 4.39 Å².